The molecular weight excluding hydrogens is 247 g/mol. The maximum atomic E-state index is 9.41. The Morgan fingerprint density at radius 1 is 1.38 bits per heavy atom. The Bertz CT molecular complexity index is 355. The fourth-order valence-electron chi connectivity index (χ4n) is 1.84. The van der Waals surface area contributed by atoms with E-state index in [2.05, 4.69) is 10.6 Å². The summed E-state index contributed by atoms with van der Waals surface area (Å²) < 4.78 is 0. The Kier molecular flexibility index (Phi) is 3.79. The first kappa shape index (κ1) is 11.8. The largest absolute Gasteiger partial charge is 0.505 e. The highest BCUT2D eigenvalue weighted by Gasteiger charge is 2.14. The topological polar surface area (TPSA) is 44.3 Å². The first-order chi connectivity index (χ1) is 7.66. The molecule has 1 saturated heterocycles. The summed E-state index contributed by atoms with van der Waals surface area (Å²) in [5, 5.41) is 16.6. The van der Waals surface area contributed by atoms with Crippen molar-refractivity contribution in [2.45, 2.75) is 18.9 Å². The van der Waals surface area contributed by atoms with E-state index in [1.807, 2.05) is 0 Å². The summed E-state index contributed by atoms with van der Waals surface area (Å²) in [4.78, 5) is 0. The first-order valence-corrected chi connectivity index (χ1v) is 6.07. The van der Waals surface area contributed by atoms with Gasteiger partial charge in [-0.15, -0.1) is 0 Å². The lowest BCUT2D eigenvalue weighted by molar-refractivity contribution is 0.476. The van der Waals surface area contributed by atoms with Gasteiger partial charge in [0.2, 0.25) is 0 Å². The van der Waals surface area contributed by atoms with Crippen LogP contribution in [0.2, 0.25) is 10.0 Å². The number of rotatable bonds is 3. The first-order valence-electron chi connectivity index (χ1n) is 5.32. The quantitative estimate of drug-likeness (QED) is 0.733. The fourth-order valence-corrected chi connectivity index (χ4v) is 2.33. The normalized spacial score (nSPS) is 20.0. The second kappa shape index (κ2) is 5.13. The van der Waals surface area contributed by atoms with E-state index >= 15 is 0 Å². The van der Waals surface area contributed by atoms with Gasteiger partial charge in [0.05, 0.1) is 10.0 Å². The Hall–Kier alpha value is -0.640. The average Bonchev–Trinajstić information content (AvgIpc) is 2.75. The lowest BCUT2D eigenvalue weighted by atomic mass is 10.2. The van der Waals surface area contributed by atoms with Crippen LogP contribution in [0.25, 0.3) is 0 Å². The molecular formula is C11H14Cl2N2O. The molecule has 1 aliphatic heterocycles. The van der Waals surface area contributed by atoms with Gasteiger partial charge < -0.3 is 15.7 Å². The summed E-state index contributed by atoms with van der Waals surface area (Å²) in [6.45, 7) is 1.93. The smallest absolute Gasteiger partial charge is 0.152 e. The summed E-state index contributed by atoms with van der Waals surface area (Å²) in [5.41, 5.74) is 0.835. The van der Waals surface area contributed by atoms with E-state index in [4.69, 9.17) is 23.2 Å². The minimum Gasteiger partial charge on any atom is -0.505 e. The number of halogens is 2. The predicted molar refractivity (Wildman–Crippen MR) is 67.6 cm³/mol. The lowest BCUT2D eigenvalue weighted by Crippen LogP contribution is -2.29. The van der Waals surface area contributed by atoms with Crippen molar-refractivity contribution in [3.05, 3.63) is 22.2 Å². The fraction of sp³-hybridized carbons (Fsp3) is 0.455. The zero-order chi connectivity index (χ0) is 11.5. The Labute approximate surface area is 105 Å². The number of anilines is 1. The molecule has 1 aromatic rings. The molecule has 1 aliphatic rings. The third kappa shape index (κ3) is 2.73. The molecule has 1 atom stereocenters. The molecule has 0 aliphatic carbocycles. The Balaban J connectivity index is 1.98. The summed E-state index contributed by atoms with van der Waals surface area (Å²) >= 11 is 11.6. The number of phenolic OH excluding ortho intramolecular Hbond substituents is 1. The number of benzene rings is 1. The highest BCUT2D eigenvalue weighted by Crippen LogP contribution is 2.34. The molecule has 0 spiro atoms. The molecule has 1 heterocycles. The highest BCUT2D eigenvalue weighted by atomic mass is 35.5. The monoisotopic (exact) mass is 260 g/mol. The van der Waals surface area contributed by atoms with Gasteiger partial charge in [0.15, 0.2) is 5.75 Å². The van der Waals surface area contributed by atoms with Crippen LogP contribution >= 0.6 is 23.2 Å². The van der Waals surface area contributed by atoms with Crippen LogP contribution in [0, 0.1) is 0 Å². The molecule has 0 amide bonds. The van der Waals surface area contributed by atoms with E-state index in [1.165, 1.54) is 12.8 Å². The standard InChI is InChI=1S/C11H14Cl2N2O/c12-9-4-8(5-10(13)11(9)16)15-6-7-2-1-3-14-7/h4-5,7,14-16H,1-3,6H2. The van der Waals surface area contributed by atoms with Crippen molar-refractivity contribution in [3.63, 3.8) is 0 Å². The molecule has 0 radical (unpaired) electrons. The number of hydrogen-bond acceptors (Lipinski definition) is 3. The molecule has 3 nitrogen and oxygen atoms in total. The van der Waals surface area contributed by atoms with Gasteiger partial charge >= 0.3 is 0 Å². The van der Waals surface area contributed by atoms with Crippen molar-refractivity contribution in [2.75, 3.05) is 18.4 Å². The molecule has 0 aromatic heterocycles. The molecule has 1 aromatic carbocycles. The molecule has 1 unspecified atom stereocenters. The maximum Gasteiger partial charge on any atom is 0.152 e. The second-order valence-corrected chi connectivity index (χ2v) is 4.78. The van der Waals surface area contributed by atoms with Gasteiger partial charge in [-0.25, -0.2) is 0 Å². The second-order valence-electron chi connectivity index (χ2n) is 3.96. The number of phenols is 1. The van der Waals surface area contributed by atoms with Gasteiger partial charge in [-0.05, 0) is 31.5 Å². The molecule has 1 fully saturated rings. The highest BCUT2D eigenvalue weighted by molar-refractivity contribution is 6.37. The minimum absolute atomic E-state index is 0.0622. The van der Waals surface area contributed by atoms with Gasteiger partial charge in [-0.2, -0.15) is 0 Å². The van der Waals surface area contributed by atoms with Crippen molar-refractivity contribution in [2.24, 2.45) is 0 Å². The molecule has 88 valence electrons. The van der Waals surface area contributed by atoms with Crippen LogP contribution < -0.4 is 10.6 Å². The van der Waals surface area contributed by atoms with Gasteiger partial charge in [0, 0.05) is 18.3 Å². The molecule has 0 bridgehead atoms. The number of aromatic hydroxyl groups is 1. The summed E-state index contributed by atoms with van der Waals surface area (Å²) in [7, 11) is 0. The van der Waals surface area contributed by atoms with E-state index in [0.717, 1.165) is 18.8 Å². The molecule has 0 saturated carbocycles. The summed E-state index contributed by atoms with van der Waals surface area (Å²) in [6, 6.07) is 3.86. The number of nitrogens with one attached hydrogen (secondary N) is 2. The van der Waals surface area contributed by atoms with Crippen LogP contribution in [0.1, 0.15) is 12.8 Å². The van der Waals surface area contributed by atoms with E-state index < -0.39 is 0 Å². The molecule has 2 rings (SSSR count). The predicted octanol–water partition coefficient (Wildman–Crippen LogP) is 2.86. The van der Waals surface area contributed by atoms with Crippen LogP contribution in [-0.4, -0.2) is 24.2 Å². The van der Waals surface area contributed by atoms with Crippen molar-refractivity contribution in [3.8, 4) is 5.75 Å². The Morgan fingerprint density at radius 2 is 2.06 bits per heavy atom. The van der Waals surface area contributed by atoms with E-state index in [9.17, 15) is 5.11 Å². The maximum absolute atomic E-state index is 9.41. The van der Waals surface area contributed by atoms with Crippen LogP contribution in [0.3, 0.4) is 0 Å². The SMILES string of the molecule is Oc1c(Cl)cc(NCC2CCCN2)cc1Cl. The van der Waals surface area contributed by atoms with Crippen LogP contribution in [0.5, 0.6) is 5.75 Å². The molecule has 5 heteroatoms. The molecule has 3 N–H and O–H groups in total. The van der Waals surface area contributed by atoms with Crippen LogP contribution in [0.15, 0.2) is 12.1 Å². The molecule has 16 heavy (non-hydrogen) atoms. The van der Waals surface area contributed by atoms with E-state index in [0.29, 0.717) is 6.04 Å². The minimum atomic E-state index is -0.0622. The van der Waals surface area contributed by atoms with Crippen LogP contribution in [-0.2, 0) is 0 Å². The summed E-state index contributed by atoms with van der Waals surface area (Å²) in [6.07, 6.45) is 2.41. The van der Waals surface area contributed by atoms with E-state index in [1.54, 1.807) is 12.1 Å². The van der Waals surface area contributed by atoms with Gasteiger partial charge in [-0.1, -0.05) is 23.2 Å². The zero-order valence-corrected chi connectivity index (χ0v) is 10.3. The van der Waals surface area contributed by atoms with Crippen LogP contribution in [0.4, 0.5) is 5.69 Å². The third-order valence-electron chi connectivity index (χ3n) is 2.73. The van der Waals surface area contributed by atoms with Crippen molar-refractivity contribution >= 4 is 28.9 Å². The number of hydrogen-bond donors (Lipinski definition) is 3. The van der Waals surface area contributed by atoms with Gasteiger partial charge in [0.1, 0.15) is 0 Å². The summed E-state index contributed by atoms with van der Waals surface area (Å²) in [5.74, 6) is -0.0622. The average molecular weight is 261 g/mol. The van der Waals surface area contributed by atoms with Crippen molar-refractivity contribution in [1.82, 2.24) is 5.32 Å². The third-order valence-corrected chi connectivity index (χ3v) is 3.31. The lowest BCUT2D eigenvalue weighted by Gasteiger charge is -2.13. The van der Waals surface area contributed by atoms with Crippen molar-refractivity contribution in [1.29, 1.82) is 0 Å². The van der Waals surface area contributed by atoms with Gasteiger partial charge in [-0.3, -0.25) is 0 Å². The Morgan fingerprint density at radius 3 is 2.62 bits per heavy atom. The van der Waals surface area contributed by atoms with E-state index in [-0.39, 0.29) is 15.8 Å². The van der Waals surface area contributed by atoms with Crippen molar-refractivity contribution < 1.29 is 5.11 Å². The van der Waals surface area contributed by atoms with Gasteiger partial charge in [0.25, 0.3) is 0 Å². The zero-order valence-electron chi connectivity index (χ0n) is 8.76.